The van der Waals surface area contributed by atoms with E-state index in [-0.39, 0.29) is 30.6 Å². The topological polar surface area (TPSA) is 33.3 Å². The smallest absolute Gasteiger partial charge is 0.123 e. The van der Waals surface area contributed by atoms with E-state index < -0.39 is 0 Å². The minimum absolute atomic E-state index is 0. The van der Waals surface area contributed by atoms with Gasteiger partial charge in [0, 0.05) is 6.54 Å². The van der Waals surface area contributed by atoms with Crippen molar-refractivity contribution < 1.29 is 9.13 Å². The number of ether oxygens (including phenoxy) is 1. The Bertz CT molecular complexity index is 567. The predicted octanol–water partition coefficient (Wildman–Crippen LogP) is 3.95. The SMILES string of the molecule is CNCCCNCc1cccc(OCc2ccc(F)cc2)c1.Cl.Cl. The van der Waals surface area contributed by atoms with Crippen molar-refractivity contribution in [3.8, 4) is 5.75 Å². The number of hydrogen-bond acceptors (Lipinski definition) is 3. The molecule has 0 fully saturated rings. The molecule has 0 amide bonds. The van der Waals surface area contributed by atoms with E-state index in [0.29, 0.717) is 6.61 Å². The first kappa shape index (κ1) is 22.7. The molecule has 3 nitrogen and oxygen atoms in total. The zero-order valence-electron chi connectivity index (χ0n) is 13.8. The molecule has 0 aliphatic rings. The van der Waals surface area contributed by atoms with E-state index in [1.165, 1.54) is 17.7 Å². The van der Waals surface area contributed by atoms with Crippen molar-refractivity contribution in [2.75, 3.05) is 20.1 Å². The first-order valence-corrected chi connectivity index (χ1v) is 7.59. The zero-order valence-corrected chi connectivity index (χ0v) is 15.4. The fourth-order valence-corrected chi connectivity index (χ4v) is 2.12. The molecular formula is C18H25Cl2FN2O. The van der Waals surface area contributed by atoms with Crippen LogP contribution in [0.4, 0.5) is 4.39 Å². The molecule has 24 heavy (non-hydrogen) atoms. The van der Waals surface area contributed by atoms with Crippen molar-refractivity contribution in [2.24, 2.45) is 0 Å². The maximum atomic E-state index is 12.8. The summed E-state index contributed by atoms with van der Waals surface area (Å²) in [5.41, 5.74) is 2.15. The molecule has 0 atom stereocenters. The van der Waals surface area contributed by atoms with Crippen molar-refractivity contribution in [2.45, 2.75) is 19.6 Å². The molecule has 6 heteroatoms. The van der Waals surface area contributed by atoms with Crippen LogP contribution in [0.25, 0.3) is 0 Å². The lowest BCUT2D eigenvalue weighted by molar-refractivity contribution is 0.305. The third-order valence-corrected chi connectivity index (χ3v) is 3.33. The van der Waals surface area contributed by atoms with Crippen LogP contribution in [0.15, 0.2) is 48.5 Å². The van der Waals surface area contributed by atoms with E-state index in [4.69, 9.17) is 4.74 Å². The van der Waals surface area contributed by atoms with Gasteiger partial charge in [-0.1, -0.05) is 24.3 Å². The van der Waals surface area contributed by atoms with Crippen LogP contribution < -0.4 is 15.4 Å². The van der Waals surface area contributed by atoms with Gasteiger partial charge in [0.1, 0.15) is 18.2 Å². The molecule has 0 aliphatic heterocycles. The second kappa shape index (κ2) is 13.0. The summed E-state index contributed by atoms with van der Waals surface area (Å²) in [6.07, 6.45) is 1.11. The van der Waals surface area contributed by atoms with E-state index in [0.717, 1.165) is 37.4 Å². The third-order valence-electron chi connectivity index (χ3n) is 3.33. The summed E-state index contributed by atoms with van der Waals surface area (Å²) in [5, 5.41) is 6.53. The van der Waals surface area contributed by atoms with E-state index in [1.807, 2.05) is 25.2 Å². The maximum Gasteiger partial charge on any atom is 0.123 e. The molecule has 134 valence electrons. The molecule has 0 aliphatic carbocycles. The summed E-state index contributed by atoms with van der Waals surface area (Å²) in [4.78, 5) is 0. The van der Waals surface area contributed by atoms with Crippen LogP contribution in [0.1, 0.15) is 17.5 Å². The highest BCUT2D eigenvalue weighted by molar-refractivity contribution is 5.85. The van der Waals surface area contributed by atoms with Gasteiger partial charge in [0.15, 0.2) is 0 Å². The van der Waals surface area contributed by atoms with Crippen LogP contribution in [0.2, 0.25) is 0 Å². The summed E-state index contributed by atoms with van der Waals surface area (Å²) in [7, 11) is 1.96. The highest BCUT2D eigenvalue weighted by Crippen LogP contribution is 2.15. The summed E-state index contributed by atoms with van der Waals surface area (Å²) in [6.45, 7) is 3.28. The van der Waals surface area contributed by atoms with Gasteiger partial charge in [-0.05, 0) is 62.0 Å². The highest BCUT2D eigenvalue weighted by atomic mass is 35.5. The average Bonchev–Trinajstić information content (AvgIpc) is 2.55. The van der Waals surface area contributed by atoms with E-state index in [2.05, 4.69) is 16.7 Å². The first-order valence-electron chi connectivity index (χ1n) is 7.59. The van der Waals surface area contributed by atoms with E-state index >= 15 is 0 Å². The van der Waals surface area contributed by atoms with Gasteiger partial charge in [-0.2, -0.15) is 0 Å². The summed E-state index contributed by atoms with van der Waals surface area (Å²) < 4.78 is 18.6. The normalized spacial score (nSPS) is 9.75. The van der Waals surface area contributed by atoms with E-state index in [9.17, 15) is 4.39 Å². The van der Waals surface area contributed by atoms with Crippen LogP contribution in [0.3, 0.4) is 0 Å². The zero-order chi connectivity index (χ0) is 15.6. The van der Waals surface area contributed by atoms with Gasteiger partial charge in [0.2, 0.25) is 0 Å². The number of benzene rings is 2. The average molecular weight is 375 g/mol. The van der Waals surface area contributed by atoms with Crippen molar-refractivity contribution in [3.05, 3.63) is 65.5 Å². The van der Waals surface area contributed by atoms with Crippen molar-refractivity contribution in [3.63, 3.8) is 0 Å². The number of hydrogen-bond donors (Lipinski definition) is 2. The number of nitrogens with one attached hydrogen (secondary N) is 2. The Kier molecular flexibility index (Phi) is 12.3. The van der Waals surface area contributed by atoms with Crippen molar-refractivity contribution in [1.29, 1.82) is 0 Å². The largest absolute Gasteiger partial charge is 0.489 e. The molecular weight excluding hydrogens is 350 g/mol. The van der Waals surface area contributed by atoms with Gasteiger partial charge < -0.3 is 15.4 Å². The molecule has 0 saturated carbocycles. The third kappa shape index (κ3) is 8.50. The molecule has 2 aromatic rings. The lowest BCUT2D eigenvalue weighted by Crippen LogP contribution is -2.19. The van der Waals surface area contributed by atoms with Crippen LogP contribution >= 0.6 is 24.8 Å². The number of rotatable bonds is 9. The fraction of sp³-hybridized carbons (Fsp3) is 0.333. The quantitative estimate of drug-likeness (QED) is 0.652. The second-order valence-corrected chi connectivity index (χ2v) is 5.20. The summed E-state index contributed by atoms with van der Waals surface area (Å²) in [6, 6.07) is 14.4. The minimum Gasteiger partial charge on any atom is -0.489 e. The lowest BCUT2D eigenvalue weighted by atomic mass is 10.2. The first-order chi connectivity index (χ1) is 10.8. The fourth-order valence-electron chi connectivity index (χ4n) is 2.12. The minimum atomic E-state index is -0.227. The molecule has 2 rings (SSSR count). The molecule has 0 aromatic heterocycles. The van der Waals surface area contributed by atoms with Crippen LogP contribution in [-0.4, -0.2) is 20.1 Å². The monoisotopic (exact) mass is 374 g/mol. The second-order valence-electron chi connectivity index (χ2n) is 5.20. The van der Waals surface area contributed by atoms with Gasteiger partial charge in [0.05, 0.1) is 0 Å². The Morgan fingerprint density at radius 3 is 2.42 bits per heavy atom. The summed E-state index contributed by atoms with van der Waals surface area (Å²) in [5.74, 6) is 0.606. The molecule has 2 aromatic carbocycles. The Balaban J connectivity index is 0.00000264. The Hall–Kier alpha value is -1.33. The van der Waals surface area contributed by atoms with Crippen molar-refractivity contribution in [1.82, 2.24) is 10.6 Å². The molecule has 0 bridgehead atoms. The Labute approximate surface area is 155 Å². The van der Waals surface area contributed by atoms with Gasteiger partial charge in [-0.3, -0.25) is 0 Å². The van der Waals surface area contributed by atoms with Crippen LogP contribution in [-0.2, 0) is 13.2 Å². The van der Waals surface area contributed by atoms with Gasteiger partial charge in [-0.15, -0.1) is 24.8 Å². The standard InChI is InChI=1S/C18H23FN2O.2ClH/c1-20-10-3-11-21-13-16-4-2-5-18(12-16)22-14-15-6-8-17(19)9-7-15;;/h2,4-9,12,20-21H,3,10-11,13-14H2,1H3;2*1H. The molecule has 0 radical (unpaired) electrons. The van der Waals surface area contributed by atoms with E-state index in [1.54, 1.807) is 12.1 Å². The van der Waals surface area contributed by atoms with Gasteiger partial charge >= 0.3 is 0 Å². The maximum absolute atomic E-state index is 12.8. The van der Waals surface area contributed by atoms with Gasteiger partial charge in [-0.25, -0.2) is 4.39 Å². The molecule has 0 heterocycles. The highest BCUT2D eigenvalue weighted by Gasteiger charge is 1.99. The van der Waals surface area contributed by atoms with Gasteiger partial charge in [0.25, 0.3) is 0 Å². The Morgan fingerprint density at radius 1 is 0.958 bits per heavy atom. The van der Waals surface area contributed by atoms with Crippen molar-refractivity contribution >= 4 is 24.8 Å². The molecule has 0 unspecified atom stereocenters. The van der Waals surface area contributed by atoms with Crippen LogP contribution in [0, 0.1) is 5.82 Å². The number of halogens is 3. The Morgan fingerprint density at radius 2 is 1.71 bits per heavy atom. The predicted molar refractivity (Wildman–Crippen MR) is 102 cm³/mol. The molecule has 2 N–H and O–H groups in total. The lowest BCUT2D eigenvalue weighted by Gasteiger charge is -2.09. The van der Waals surface area contributed by atoms with Crippen LogP contribution in [0.5, 0.6) is 5.75 Å². The molecule has 0 saturated heterocycles. The molecule has 0 spiro atoms. The summed E-state index contributed by atoms with van der Waals surface area (Å²) >= 11 is 0.